The summed E-state index contributed by atoms with van der Waals surface area (Å²) in [5.41, 5.74) is 0. The Morgan fingerprint density at radius 2 is 1.96 bits per heavy atom. The van der Waals surface area contributed by atoms with Crippen molar-refractivity contribution in [2.75, 3.05) is 33.9 Å². The molecule has 3 atom stereocenters. The molecule has 0 radical (unpaired) electrons. The monoisotopic (exact) mass is 324 g/mol. The van der Waals surface area contributed by atoms with Gasteiger partial charge in [0.25, 0.3) is 0 Å². The second-order valence-corrected chi connectivity index (χ2v) is 6.84. The summed E-state index contributed by atoms with van der Waals surface area (Å²) in [6.45, 7) is 1.71. The Hall–Kier alpha value is -1.34. The molecule has 3 saturated heterocycles. The van der Waals surface area contributed by atoms with Gasteiger partial charge >= 0.3 is 0 Å². The van der Waals surface area contributed by atoms with E-state index < -0.39 is 0 Å². The van der Waals surface area contributed by atoms with Gasteiger partial charge in [0, 0.05) is 33.4 Å². The van der Waals surface area contributed by atoms with E-state index in [2.05, 4.69) is 15.6 Å². The average Bonchev–Trinajstić information content (AvgIpc) is 3.16. The fraction of sp³-hybridized carbons (Fsp3) is 0.875. The van der Waals surface area contributed by atoms with Crippen molar-refractivity contribution < 1.29 is 14.3 Å². The van der Waals surface area contributed by atoms with Gasteiger partial charge in [-0.25, -0.2) is 4.99 Å². The van der Waals surface area contributed by atoms with Crippen molar-refractivity contribution in [1.82, 2.24) is 15.5 Å². The summed E-state index contributed by atoms with van der Waals surface area (Å²) >= 11 is 0. The zero-order valence-corrected chi connectivity index (χ0v) is 14.1. The van der Waals surface area contributed by atoms with E-state index in [1.807, 2.05) is 0 Å². The van der Waals surface area contributed by atoms with Crippen molar-refractivity contribution in [3.05, 3.63) is 0 Å². The van der Waals surface area contributed by atoms with Crippen LogP contribution in [-0.2, 0) is 14.3 Å². The molecule has 0 aromatic carbocycles. The molecule has 3 fully saturated rings. The quantitative estimate of drug-likeness (QED) is 0.567. The lowest BCUT2D eigenvalue weighted by atomic mass is 9.96. The molecule has 3 unspecified atom stereocenters. The highest BCUT2D eigenvalue weighted by molar-refractivity contribution is 5.85. The number of guanidine groups is 1. The van der Waals surface area contributed by atoms with Crippen LogP contribution in [0.2, 0.25) is 0 Å². The fourth-order valence-electron chi connectivity index (χ4n) is 3.42. The molecule has 0 aromatic rings. The molecule has 130 valence electrons. The first kappa shape index (κ1) is 16.5. The van der Waals surface area contributed by atoms with Crippen LogP contribution in [0.1, 0.15) is 32.1 Å². The SMILES string of the molecule is CN(C)C(=O)CN=C(NC1CCOCC1)NC1CC2CCC1O2. The van der Waals surface area contributed by atoms with E-state index in [1.165, 1.54) is 6.42 Å². The second-order valence-electron chi connectivity index (χ2n) is 6.84. The zero-order valence-electron chi connectivity index (χ0n) is 14.1. The number of hydrogen-bond acceptors (Lipinski definition) is 4. The number of aliphatic imine (C=N–C) groups is 1. The van der Waals surface area contributed by atoms with Crippen molar-refractivity contribution in [2.45, 2.75) is 56.4 Å². The molecular weight excluding hydrogens is 296 g/mol. The van der Waals surface area contributed by atoms with Gasteiger partial charge in [-0.15, -0.1) is 0 Å². The topological polar surface area (TPSA) is 75.2 Å². The van der Waals surface area contributed by atoms with E-state index in [4.69, 9.17) is 9.47 Å². The third kappa shape index (κ3) is 4.35. The van der Waals surface area contributed by atoms with E-state index in [1.54, 1.807) is 19.0 Å². The third-order valence-electron chi connectivity index (χ3n) is 4.86. The Balaban J connectivity index is 1.60. The van der Waals surface area contributed by atoms with Gasteiger partial charge in [-0.1, -0.05) is 0 Å². The highest BCUT2D eigenvalue weighted by atomic mass is 16.5. The molecule has 2 N–H and O–H groups in total. The molecule has 7 nitrogen and oxygen atoms in total. The van der Waals surface area contributed by atoms with Crippen molar-refractivity contribution in [1.29, 1.82) is 0 Å². The Bertz CT molecular complexity index is 449. The summed E-state index contributed by atoms with van der Waals surface area (Å²) in [5, 5.41) is 6.96. The van der Waals surface area contributed by atoms with Crippen LogP contribution < -0.4 is 10.6 Å². The Morgan fingerprint density at radius 1 is 1.17 bits per heavy atom. The van der Waals surface area contributed by atoms with Crippen molar-refractivity contribution >= 4 is 11.9 Å². The average molecular weight is 324 g/mol. The highest BCUT2D eigenvalue weighted by Gasteiger charge is 2.41. The molecule has 0 spiro atoms. The molecule has 3 rings (SSSR count). The van der Waals surface area contributed by atoms with E-state index in [0.29, 0.717) is 18.2 Å². The maximum absolute atomic E-state index is 11.8. The molecule has 0 aliphatic carbocycles. The number of carbonyl (C=O) groups is 1. The molecule has 0 saturated carbocycles. The number of rotatable bonds is 4. The van der Waals surface area contributed by atoms with Gasteiger partial charge < -0.3 is 25.0 Å². The number of nitrogens with one attached hydrogen (secondary N) is 2. The maximum atomic E-state index is 11.8. The smallest absolute Gasteiger partial charge is 0.243 e. The number of nitrogens with zero attached hydrogens (tertiary/aromatic N) is 2. The molecular formula is C16H28N4O3. The van der Waals surface area contributed by atoms with Crippen LogP contribution in [0.5, 0.6) is 0 Å². The first-order valence-corrected chi connectivity index (χ1v) is 8.62. The van der Waals surface area contributed by atoms with Crippen molar-refractivity contribution in [3.63, 3.8) is 0 Å². The number of fused-ring (bicyclic) bond motifs is 2. The van der Waals surface area contributed by atoms with Crippen molar-refractivity contribution in [2.24, 2.45) is 4.99 Å². The third-order valence-corrected chi connectivity index (χ3v) is 4.86. The van der Waals surface area contributed by atoms with Crippen LogP contribution >= 0.6 is 0 Å². The first-order valence-electron chi connectivity index (χ1n) is 8.62. The number of ether oxygens (including phenoxy) is 2. The standard InChI is InChI=1S/C16H28N4O3/c1-20(2)15(21)10-17-16(18-11-5-7-22-8-6-11)19-13-9-12-3-4-14(13)23-12/h11-14H,3-10H2,1-2H3,(H2,17,18,19). The number of carbonyl (C=O) groups excluding carboxylic acids is 1. The summed E-state index contributed by atoms with van der Waals surface area (Å²) in [4.78, 5) is 17.9. The van der Waals surface area contributed by atoms with Gasteiger partial charge in [-0.2, -0.15) is 0 Å². The molecule has 1 amide bonds. The predicted molar refractivity (Wildman–Crippen MR) is 87.4 cm³/mol. The van der Waals surface area contributed by atoms with Crippen LogP contribution in [-0.4, -0.2) is 74.9 Å². The second kappa shape index (κ2) is 7.49. The summed E-state index contributed by atoms with van der Waals surface area (Å²) in [6.07, 6.45) is 5.92. The molecule has 2 bridgehead atoms. The van der Waals surface area contributed by atoms with Crippen molar-refractivity contribution in [3.8, 4) is 0 Å². The lowest BCUT2D eigenvalue weighted by molar-refractivity contribution is -0.127. The minimum atomic E-state index is 0.00210. The zero-order chi connectivity index (χ0) is 16.2. The van der Waals surface area contributed by atoms with Crippen LogP contribution in [0, 0.1) is 0 Å². The molecule has 23 heavy (non-hydrogen) atoms. The minimum absolute atomic E-state index is 0.00210. The lowest BCUT2D eigenvalue weighted by Crippen LogP contribution is -2.51. The van der Waals surface area contributed by atoms with E-state index in [-0.39, 0.29) is 18.6 Å². The van der Waals surface area contributed by atoms with Crippen LogP contribution in [0.25, 0.3) is 0 Å². The summed E-state index contributed by atoms with van der Waals surface area (Å²) in [6, 6.07) is 0.651. The highest BCUT2D eigenvalue weighted by Crippen LogP contribution is 2.34. The van der Waals surface area contributed by atoms with E-state index >= 15 is 0 Å². The molecule has 3 aliphatic heterocycles. The van der Waals surface area contributed by atoms with Gasteiger partial charge in [0.15, 0.2) is 5.96 Å². The van der Waals surface area contributed by atoms with Crippen LogP contribution in [0.3, 0.4) is 0 Å². The number of amides is 1. The van der Waals surface area contributed by atoms with Gasteiger partial charge in [0.1, 0.15) is 6.54 Å². The molecule has 7 heteroatoms. The number of likely N-dealkylation sites (N-methyl/N-ethyl adjacent to an activating group) is 1. The Labute approximate surface area is 137 Å². The Kier molecular flexibility index (Phi) is 5.38. The summed E-state index contributed by atoms with van der Waals surface area (Å²) in [5.74, 6) is 0.732. The van der Waals surface area contributed by atoms with Gasteiger partial charge in [-0.05, 0) is 32.1 Å². The maximum Gasteiger partial charge on any atom is 0.243 e. The van der Waals surface area contributed by atoms with Gasteiger partial charge in [0.05, 0.1) is 18.2 Å². The summed E-state index contributed by atoms with van der Waals surface area (Å²) in [7, 11) is 3.50. The fourth-order valence-corrected chi connectivity index (χ4v) is 3.42. The Morgan fingerprint density at radius 3 is 2.57 bits per heavy atom. The van der Waals surface area contributed by atoms with Crippen LogP contribution in [0.4, 0.5) is 0 Å². The van der Waals surface area contributed by atoms with E-state index in [9.17, 15) is 4.79 Å². The minimum Gasteiger partial charge on any atom is -0.381 e. The first-order chi connectivity index (χ1) is 11.1. The summed E-state index contributed by atoms with van der Waals surface area (Å²) < 4.78 is 11.3. The van der Waals surface area contributed by atoms with Crippen LogP contribution in [0.15, 0.2) is 4.99 Å². The number of hydrogen-bond donors (Lipinski definition) is 2. The molecule has 3 heterocycles. The van der Waals surface area contributed by atoms with E-state index in [0.717, 1.165) is 44.9 Å². The predicted octanol–water partition coefficient (Wildman–Crippen LogP) is 0.109. The van der Waals surface area contributed by atoms with Gasteiger partial charge in [-0.3, -0.25) is 4.79 Å². The van der Waals surface area contributed by atoms with Gasteiger partial charge in [0.2, 0.25) is 5.91 Å². The molecule has 3 aliphatic rings. The normalized spacial score (nSPS) is 31.2. The molecule has 0 aromatic heterocycles. The largest absolute Gasteiger partial charge is 0.381 e. The lowest BCUT2D eigenvalue weighted by Gasteiger charge is -2.28.